The summed E-state index contributed by atoms with van der Waals surface area (Å²) in [6.45, 7) is -0.206. The lowest BCUT2D eigenvalue weighted by Gasteiger charge is -2.09. The van der Waals surface area contributed by atoms with Crippen LogP contribution in [-0.2, 0) is 4.79 Å². The van der Waals surface area contributed by atoms with E-state index in [1.807, 2.05) is 35.2 Å². The van der Waals surface area contributed by atoms with E-state index < -0.39 is 12.0 Å². The minimum absolute atomic E-state index is 0.206. The van der Waals surface area contributed by atoms with Gasteiger partial charge in [-0.05, 0) is 30.3 Å². The summed E-state index contributed by atoms with van der Waals surface area (Å²) in [6, 6.07) is 10.8. The van der Waals surface area contributed by atoms with Crippen molar-refractivity contribution >= 4 is 11.8 Å². The van der Waals surface area contributed by atoms with Gasteiger partial charge in [0.2, 0.25) is 5.91 Å². The summed E-state index contributed by atoms with van der Waals surface area (Å²) in [7, 11) is 0. The van der Waals surface area contributed by atoms with Crippen molar-refractivity contribution in [1.82, 2.24) is 9.88 Å². The second-order valence-corrected chi connectivity index (χ2v) is 4.27. The standard InChI is InChI=1S/C14H15N3O3/c15-13(19)12(18)9-16-14(20)10-4-3-5-11(8-10)17-6-1-2-7-17/h1-8,12,18H,9H2,(H2,15,19)(H,16,20). The molecule has 0 aliphatic rings. The summed E-state index contributed by atoms with van der Waals surface area (Å²) in [5, 5.41) is 11.7. The third kappa shape index (κ3) is 3.24. The summed E-state index contributed by atoms with van der Waals surface area (Å²) < 4.78 is 1.87. The molecule has 0 spiro atoms. The molecule has 20 heavy (non-hydrogen) atoms. The van der Waals surface area contributed by atoms with Crippen molar-refractivity contribution in [1.29, 1.82) is 0 Å². The van der Waals surface area contributed by atoms with Crippen molar-refractivity contribution in [2.24, 2.45) is 5.73 Å². The van der Waals surface area contributed by atoms with Gasteiger partial charge in [0.05, 0.1) is 6.54 Å². The minimum Gasteiger partial charge on any atom is -0.381 e. The molecule has 6 nitrogen and oxygen atoms in total. The van der Waals surface area contributed by atoms with Crippen LogP contribution in [0.5, 0.6) is 0 Å². The number of aliphatic hydroxyl groups is 1. The Labute approximate surface area is 115 Å². The lowest BCUT2D eigenvalue weighted by Crippen LogP contribution is -2.39. The Balaban J connectivity index is 2.07. The van der Waals surface area contributed by atoms with Crippen LogP contribution in [0.1, 0.15) is 10.4 Å². The van der Waals surface area contributed by atoms with E-state index >= 15 is 0 Å². The summed E-state index contributed by atoms with van der Waals surface area (Å²) in [5.41, 5.74) is 6.19. The van der Waals surface area contributed by atoms with Gasteiger partial charge in [-0.2, -0.15) is 0 Å². The fourth-order valence-electron chi connectivity index (χ4n) is 1.71. The molecule has 2 amide bonds. The fraction of sp³-hybridized carbons (Fsp3) is 0.143. The van der Waals surface area contributed by atoms with Crippen LogP contribution in [-0.4, -0.2) is 34.1 Å². The predicted octanol–water partition coefficient (Wildman–Crippen LogP) is 0.0533. The van der Waals surface area contributed by atoms with Gasteiger partial charge >= 0.3 is 0 Å². The lowest BCUT2D eigenvalue weighted by molar-refractivity contribution is -0.125. The molecule has 1 atom stereocenters. The number of aliphatic hydroxyl groups excluding tert-OH is 1. The van der Waals surface area contributed by atoms with Crippen LogP contribution in [0.25, 0.3) is 5.69 Å². The van der Waals surface area contributed by atoms with E-state index in [0.717, 1.165) is 5.69 Å². The zero-order chi connectivity index (χ0) is 14.5. The SMILES string of the molecule is NC(=O)C(O)CNC(=O)c1cccc(-n2cccc2)c1. The van der Waals surface area contributed by atoms with E-state index in [9.17, 15) is 14.7 Å². The van der Waals surface area contributed by atoms with E-state index in [4.69, 9.17) is 5.73 Å². The Bertz CT molecular complexity index is 608. The number of hydrogen-bond acceptors (Lipinski definition) is 3. The highest BCUT2D eigenvalue weighted by Crippen LogP contribution is 2.10. The number of nitrogens with zero attached hydrogens (tertiary/aromatic N) is 1. The molecular weight excluding hydrogens is 258 g/mol. The summed E-state index contributed by atoms with van der Waals surface area (Å²) in [6.07, 6.45) is 2.36. The molecule has 0 fully saturated rings. The maximum Gasteiger partial charge on any atom is 0.251 e. The van der Waals surface area contributed by atoms with Gasteiger partial charge < -0.3 is 20.7 Å². The van der Waals surface area contributed by atoms with E-state index in [1.54, 1.807) is 18.2 Å². The molecule has 0 aliphatic heterocycles. The van der Waals surface area contributed by atoms with E-state index in [1.165, 1.54) is 0 Å². The second-order valence-electron chi connectivity index (χ2n) is 4.27. The number of aromatic nitrogens is 1. The van der Waals surface area contributed by atoms with Gasteiger partial charge in [-0.3, -0.25) is 9.59 Å². The first kappa shape index (κ1) is 13.8. The molecule has 6 heteroatoms. The van der Waals surface area contributed by atoms with E-state index in [-0.39, 0.29) is 12.5 Å². The van der Waals surface area contributed by atoms with Crippen LogP contribution < -0.4 is 11.1 Å². The van der Waals surface area contributed by atoms with Gasteiger partial charge in [0.1, 0.15) is 6.10 Å². The quantitative estimate of drug-likeness (QED) is 0.718. The monoisotopic (exact) mass is 273 g/mol. The number of hydrogen-bond donors (Lipinski definition) is 3. The van der Waals surface area contributed by atoms with Crippen LogP contribution >= 0.6 is 0 Å². The Hall–Kier alpha value is -2.60. The largest absolute Gasteiger partial charge is 0.381 e. The smallest absolute Gasteiger partial charge is 0.251 e. The minimum atomic E-state index is -1.38. The van der Waals surface area contributed by atoms with Crippen molar-refractivity contribution in [2.75, 3.05) is 6.54 Å². The highest BCUT2D eigenvalue weighted by molar-refractivity contribution is 5.95. The first-order chi connectivity index (χ1) is 9.58. The number of carbonyl (C=O) groups is 2. The molecule has 2 rings (SSSR count). The normalized spacial score (nSPS) is 11.8. The maximum atomic E-state index is 11.9. The van der Waals surface area contributed by atoms with Gasteiger partial charge in [0, 0.05) is 23.6 Å². The number of primary amides is 1. The van der Waals surface area contributed by atoms with Gasteiger partial charge in [-0.1, -0.05) is 6.07 Å². The van der Waals surface area contributed by atoms with Crippen molar-refractivity contribution in [3.63, 3.8) is 0 Å². The zero-order valence-corrected chi connectivity index (χ0v) is 10.7. The lowest BCUT2D eigenvalue weighted by atomic mass is 10.2. The average Bonchev–Trinajstić information content (AvgIpc) is 2.98. The van der Waals surface area contributed by atoms with Gasteiger partial charge in [-0.15, -0.1) is 0 Å². The fourth-order valence-corrected chi connectivity index (χ4v) is 1.71. The molecular formula is C14H15N3O3. The van der Waals surface area contributed by atoms with Gasteiger partial charge in [-0.25, -0.2) is 0 Å². The highest BCUT2D eigenvalue weighted by Gasteiger charge is 2.13. The van der Waals surface area contributed by atoms with Crippen LogP contribution in [0.15, 0.2) is 48.8 Å². The second kappa shape index (κ2) is 6.03. The van der Waals surface area contributed by atoms with Crippen LogP contribution in [0.4, 0.5) is 0 Å². The maximum absolute atomic E-state index is 11.9. The number of amides is 2. The molecule has 1 unspecified atom stereocenters. The van der Waals surface area contributed by atoms with Crippen molar-refractivity contribution in [3.05, 3.63) is 54.4 Å². The Morgan fingerprint density at radius 1 is 1.25 bits per heavy atom. The molecule has 2 aromatic rings. The predicted molar refractivity (Wildman–Crippen MR) is 73.3 cm³/mol. The number of nitrogens with one attached hydrogen (secondary N) is 1. The molecule has 0 bridgehead atoms. The van der Waals surface area contributed by atoms with Crippen molar-refractivity contribution in [2.45, 2.75) is 6.10 Å². The third-order valence-corrected chi connectivity index (χ3v) is 2.80. The van der Waals surface area contributed by atoms with Crippen molar-refractivity contribution in [3.8, 4) is 5.69 Å². The summed E-state index contributed by atoms with van der Waals surface area (Å²) in [5.74, 6) is -1.24. The summed E-state index contributed by atoms with van der Waals surface area (Å²) in [4.78, 5) is 22.6. The number of nitrogens with two attached hydrogens (primary N) is 1. The topological polar surface area (TPSA) is 97.4 Å². The molecule has 1 aromatic heterocycles. The average molecular weight is 273 g/mol. The Morgan fingerprint density at radius 3 is 2.60 bits per heavy atom. The molecule has 0 aliphatic carbocycles. The number of benzene rings is 1. The first-order valence-electron chi connectivity index (χ1n) is 6.07. The Morgan fingerprint density at radius 2 is 1.95 bits per heavy atom. The van der Waals surface area contributed by atoms with E-state index in [0.29, 0.717) is 5.56 Å². The van der Waals surface area contributed by atoms with Gasteiger partial charge in [0.25, 0.3) is 5.91 Å². The highest BCUT2D eigenvalue weighted by atomic mass is 16.3. The first-order valence-corrected chi connectivity index (χ1v) is 6.07. The molecule has 104 valence electrons. The molecule has 0 saturated heterocycles. The third-order valence-electron chi connectivity index (χ3n) is 2.80. The molecule has 1 aromatic carbocycles. The van der Waals surface area contributed by atoms with Crippen LogP contribution in [0, 0.1) is 0 Å². The molecule has 0 saturated carbocycles. The van der Waals surface area contributed by atoms with Crippen LogP contribution in [0.2, 0.25) is 0 Å². The van der Waals surface area contributed by atoms with Crippen molar-refractivity contribution < 1.29 is 14.7 Å². The number of rotatable bonds is 5. The molecule has 0 radical (unpaired) electrons. The zero-order valence-electron chi connectivity index (χ0n) is 10.7. The van der Waals surface area contributed by atoms with Gasteiger partial charge in [0.15, 0.2) is 0 Å². The Kier molecular flexibility index (Phi) is 4.17. The molecule has 4 N–H and O–H groups in total. The number of carbonyl (C=O) groups excluding carboxylic acids is 2. The molecule has 1 heterocycles. The van der Waals surface area contributed by atoms with E-state index in [2.05, 4.69) is 5.32 Å². The summed E-state index contributed by atoms with van der Waals surface area (Å²) >= 11 is 0. The van der Waals surface area contributed by atoms with Crippen LogP contribution in [0.3, 0.4) is 0 Å².